The summed E-state index contributed by atoms with van der Waals surface area (Å²) >= 11 is 11.9. The van der Waals surface area contributed by atoms with Crippen molar-refractivity contribution in [2.24, 2.45) is 5.73 Å². The zero-order valence-corrected chi connectivity index (χ0v) is 20.5. The van der Waals surface area contributed by atoms with Crippen LogP contribution in [0.15, 0.2) is 72.9 Å². The van der Waals surface area contributed by atoms with E-state index in [4.69, 9.17) is 39.0 Å². The first kappa shape index (κ1) is 24.3. The molecule has 1 amide bonds. The summed E-state index contributed by atoms with van der Waals surface area (Å²) in [6.45, 7) is 2.82. The molecule has 4 aromatic rings. The first-order valence-electron chi connectivity index (χ1n) is 10.9. The minimum atomic E-state index is -0.597. The van der Waals surface area contributed by atoms with E-state index in [-0.39, 0.29) is 5.56 Å². The minimum Gasteiger partial charge on any atom is -0.493 e. The second kappa shape index (κ2) is 11.0. The molecule has 35 heavy (non-hydrogen) atoms. The van der Waals surface area contributed by atoms with Crippen molar-refractivity contribution in [3.05, 3.63) is 89.1 Å². The number of anilines is 1. The first-order valence-corrected chi connectivity index (χ1v) is 11.6. The molecule has 0 fully saturated rings. The van der Waals surface area contributed by atoms with Crippen molar-refractivity contribution in [3.8, 4) is 17.2 Å². The average Bonchev–Trinajstić information content (AvgIpc) is 2.85. The van der Waals surface area contributed by atoms with Crippen molar-refractivity contribution in [1.29, 1.82) is 0 Å². The average molecular weight is 507 g/mol. The van der Waals surface area contributed by atoms with E-state index >= 15 is 0 Å². The molecule has 0 unspecified atom stereocenters. The van der Waals surface area contributed by atoms with Gasteiger partial charge in [0.15, 0.2) is 5.11 Å². The predicted molar refractivity (Wildman–Crippen MR) is 142 cm³/mol. The Morgan fingerprint density at radius 1 is 1.09 bits per heavy atom. The molecule has 4 rings (SSSR count). The van der Waals surface area contributed by atoms with E-state index in [0.717, 1.165) is 5.56 Å². The number of pyridine rings is 1. The van der Waals surface area contributed by atoms with Crippen LogP contribution >= 0.6 is 23.8 Å². The lowest BCUT2D eigenvalue weighted by Gasteiger charge is -2.14. The van der Waals surface area contributed by atoms with Gasteiger partial charge >= 0.3 is 0 Å². The van der Waals surface area contributed by atoms with Crippen LogP contribution in [-0.2, 0) is 6.54 Å². The molecule has 178 valence electrons. The Labute approximate surface area is 213 Å². The standard InChI is InChI=1S/C26H23ClN4O3S/c1-2-33-24-14-22-18(13-19(24)25(28)32)23(10-11-29-22)34-17-8-9-21(20(27)12-17)31-26(35)30-15-16-6-4-3-5-7-16/h3-14H,2,15H2,1H3,(H2,28,32)(H2,30,31,35). The number of hydrogen-bond acceptors (Lipinski definition) is 5. The molecule has 0 saturated heterocycles. The van der Waals surface area contributed by atoms with E-state index in [2.05, 4.69) is 15.6 Å². The Hall–Kier alpha value is -3.88. The quantitative estimate of drug-likeness (QED) is 0.265. The topological polar surface area (TPSA) is 98.5 Å². The van der Waals surface area contributed by atoms with Crippen LogP contribution in [0.1, 0.15) is 22.8 Å². The highest BCUT2D eigenvalue weighted by Gasteiger charge is 2.15. The number of nitrogens with zero attached hydrogens (tertiary/aromatic N) is 1. The number of nitrogens with two attached hydrogens (primary N) is 1. The van der Waals surface area contributed by atoms with Gasteiger partial charge in [0.1, 0.15) is 17.2 Å². The molecule has 9 heteroatoms. The summed E-state index contributed by atoms with van der Waals surface area (Å²) in [5, 5.41) is 7.75. The molecule has 0 bridgehead atoms. The summed E-state index contributed by atoms with van der Waals surface area (Å²) in [5.74, 6) is 0.788. The maximum absolute atomic E-state index is 11.9. The number of carbonyl (C=O) groups is 1. The number of fused-ring (bicyclic) bond motifs is 1. The fourth-order valence-corrected chi connectivity index (χ4v) is 3.84. The summed E-state index contributed by atoms with van der Waals surface area (Å²) in [4.78, 5) is 16.3. The van der Waals surface area contributed by atoms with Gasteiger partial charge in [-0.1, -0.05) is 41.9 Å². The van der Waals surface area contributed by atoms with Gasteiger partial charge in [-0.3, -0.25) is 9.78 Å². The molecule has 0 radical (unpaired) electrons. The largest absolute Gasteiger partial charge is 0.493 e. The number of benzene rings is 3. The minimum absolute atomic E-state index is 0.256. The molecule has 1 aromatic heterocycles. The molecule has 7 nitrogen and oxygen atoms in total. The van der Waals surface area contributed by atoms with Crippen LogP contribution in [0.2, 0.25) is 5.02 Å². The SMILES string of the molecule is CCOc1cc2nccc(Oc3ccc(NC(=S)NCc4ccccc4)c(Cl)c3)c2cc1C(N)=O. The number of aromatic nitrogens is 1. The highest BCUT2D eigenvalue weighted by Crippen LogP contribution is 2.35. The van der Waals surface area contributed by atoms with E-state index < -0.39 is 5.91 Å². The fourth-order valence-electron chi connectivity index (χ4n) is 3.44. The number of nitrogens with one attached hydrogen (secondary N) is 2. The van der Waals surface area contributed by atoms with Gasteiger partial charge in [-0.25, -0.2) is 0 Å². The highest BCUT2D eigenvalue weighted by molar-refractivity contribution is 7.80. The smallest absolute Gasteiger partial charge is 0.252 e. The number of primary amides is 1. The molecule has 0 spiro atoms. The fraction of sp³-hybridized carbons (Fsp3) is 0.115. The van der Waals surface area contributed by atoms with Crippen molar-refractivity contribution in [2.75, 3.05) is 11.9 Å². The summed E-state index contributed by atoms with van der Waals surface area (Å²) in [6.07, 6.45) is 1.62. The molecule has 1 heterocycles. The van der Waals surface area contributed by atoms with Crippen LogP contribution in [0.4, 0.5) is 5.69 Å². The number of hydrogen-bond donors (Lipinski definition) is 3. The molecular formula is C26H23ClN4O3S. The normalized spacial score (nSPS) is 10.6. The van der Waals surface area contributed by atoms with Gasteiger partial charge in [0.25, 0.3) is 5.91 Å². The number of amides is 1. The van der Waals surface area contributed by atoms with Gasteiger partial charge in [0.05, 0.1) is 28.4 Å². The molecule has 0 aliphatic rings. The first-order chi connectivity index (χ1) is 16.9. The van der Waals surface area contributed by atoms with Crippen molar-refractivity contribution in [2.45, 2.75) is 13.5 Å². The van der Waals surface area contributed by atoms with Gasteiger partial charge in [0.2, 0.25) is 0 Å². The number of halogens is 1. The molecule has 3 aromatic carbocycles. The number of rotatable bonds is 8. The third kappa shape index (κ3) is 5.98. The summed E-state index contributed by atoms with van der Waals surface area (Å²) < 4.78 is 11.6. The third-order valence-electron chi connectivity index (χ3n) is 5.08. The van der Waals surface area contributed by atoms with Gasteiger partial charge < -0.3 is 25.8 Å². The van der Waals surface area contributed by atoms with Crippen molar-refractivity contribution in [3.63, 3.8) is 0 Å². The van der Waals surface area contributed by atoms with Crippen LogP contribution in [0.3, 0.4) is 0 Å². The van der Waals surface area contributed by atoms with Gasteiger partial charge in [-0.15, -0.1) is 0 Å². The number of ether oxygens (including phenoxy) is 2. The van der Waals surface area contributed by atoms with Gasteiger partial charge in [0, 0.05) is 30.3 Å². The van der Waals surface area contributed by atoms with Crippen LogP contribution in [0.25, 0.3) is 10.9 Å². The Morgan fingerprint density at radius 3 is 2.60 bits per heavy atom. The van der Waals surface area contributed by atoms with E-state index in [1.165, 1.54) is 0 Å². The van der Waals surface area contributed by atoms with Crippen molar-refractivity contribution < 1.29 is 14.3 Å². The molecule has 4 N–H and O–H groups in total. The summed E-state index contributed by atoms with van der Waals surface area (Å²) in [5.41, 5.74) is 8.17. The maximum atomic E-state index is 11.9. The molecular weight excluding hydrogens is 484 g/mol. The lowest BCUT2D eigenvalue weighted by molar-refractivity contribution is 0.0997. The summed E-state index contributed by atoms with van der Waals surface area (Å²) in [6, 6.07) is 20.2. The lowest BCUT2D eigenvalue weighted by atomic mass is 10.1. The molecule has 0 aliphatic carbocycles. The predicted octanol–water partition coefficient (Wildman–Crippen LogP) is 5.66. The van der Waals surface area contributed by atoms with Crippen molar-refractivity contribution >= 4 is 51.4 Å². The number of thiocarbonyl (C=S) groups is 1. The van der Waals surface area contributed by atoms with E-state index in [0.29, 0.717) is 57.1 Å². The maximum Gasteiger partial charge on any atom is 0.252 e. The van der Waals surface area contributed by atoms with Crippen LogP contribution in [-0.4, -0.2) is 22.6 Å². The van der Waals surface area contributed by atoms with Gasteiger partial charge in [-0.2, -0.15) is 0 Å². The zero-order valence-electron chi connectivity index (χ0n) is 18.9. The Kier molecular flexibility index (Phi) is 7.64. The Bertz CT molecular complexity index is 1380. The monoisotopic (exact) mass is 506 g/mol. The second-order valence-electron chi connectivity index (χ2n) is 7.51. The molecule has 0 atom stereocenters. The van der Waals surface area contributed by atoms with E-state index in [1.54, 1.807) is 42.6 Å². The molecule has 0 saturated carbocycles. The Balaban J connectivity index is 1.51. The second-order valence-corrected chi connectivity index (χ2v) is 8.32. The van der Waals surface area contributed by atoms with Crippen LogP contribution in [0.5, 0.6) is 17.2 Å². The van der Waals surface area contributed by atoms with Crippen molar-refractivity contribution in [1.82, 2.24) is 10.3 Å². The zero-order chi connectivity index (χ0) is 24.8. The van der Waals surface area contributed by atoms with E-state index in [1.807, 2.05) is 37.3 Å². The summed E-state index contributed by atoms with van der Waals surface area (Å²) in [7, 11) is 0. The van der Waals surface area contributed by atoms with Crippen LogP contribution in [0, 0.1) is 0 Å². The Morgan fingerprint density at radius 2 is 1.89 bits per heavy atom. The van der Waals surface area contributed by atoms with Gasteiger partial charge in [-0.05, 0) is 49.0 Å². The lowest BCUT2D eigenvalue weighted by Crippen LogP contribution is -2.27. The third-order valence-corrected chi connectivity index (χ3v) is 5.64. The van der Waals surface area contributed by atoms with E-state index in [9.17, 15) is 4.79 Å². The molecule has 0 aliphatic heterocycles. The highest BCUT2D eigenvalue weighted by atomic mass is 35.5. The van der Waals surface area contributed by atoms with Crippen LogP contribution < -0.4 is 25.8 Å². The number of carbonyl (C=O) groups excluding carboxylic acids is 1.